The van der Waals surface area contributed by atoms with E-state index < -0.39 is 4.92 Å². The molecule has 1 aromatic heterocycles. The van der Waals surface area contributed by atoms with Gasteiger partial charge in [0.1, 0.15) is 11.6 Å². The van der Waals surface area contributed by atoms with Crippen molar-refractivity contribution >= 4 is 55.8 Å². The molecule has 0 radical (unpaired) electrons. The lowest BCUT2D eigenvalue weighted by atomic mass is 9.95. The van der Waals surface area contributed by atoms with E-state index in [9.17, 15) is 14.9 Å². The zero-order chi connectivity index (χ0) is 28.1. The van der Waals surface area contributed by atoms with Gasteiger partial charge in [-0.3, -0.25) is 14.9 Å². The van der Waals surface area contributed by atoms with Crippen molar-refractivity contribution in [2.24, 2.45) is 4.99 Å². The Hall–Kier alpha value is -4.02. The van der Waals surface area contributed by atoms with Gasteiger partial charge in [0, 0.05) is 28.9 Å². The molecule has 0 aliphatic heterocycles. The smallest absolute Gasteiger partial charge is 0.269 e. The highest BCUT2D eigenvalue weighted by Crippen LogP contribution is 2.41. The molecule has 4 aromatic rings. The highest BCUT2D eigenvalue weighted by molar-refractivity contribution is 9.10. The number of fused-ring (bicyclic) bond motifs is 1. The van der Waals surface area contributed by atoms with Crippen LogP contribution in [-0.2, 0) is 19.4 Å². The lowest BCUT2D eigenvalue weighted by Crippen LogP contribution is -2.14. The summed E-state index contributed by atoms with van der Waals surface area (Å²) in [6, 6.07) is 19.3. The SMILES string of the molecule is COc1cc(C=Nc2sc3c(c2C(=O)Nc2ccccc2)CCCC3)cc(Br)c1OCc1ccc([N+](=O)[O-])cc1. The summed E-state index contributed by atoms with van der Waals surface area (Å²) in [5.74, 6) is 0.865. The van der Waals surface area contributed by atoms with E-state index in [1.165, 1.54) is 17.0 Å². The van der Waals surface area contributed by atoms with Gasteiger partial charge in [-0.25, -0.2) is 4.99 Å². The Morgan fingerprint density at radius 2 is 1.88 bits per heavy atom. The van der Waals surface area contributed by atoms with Gasteiger partial charge in [0.05, 0.1) is 22.1 Å². The van der Waals surface area contributed by atoms with Crippen LogP contribution in [-0.4, -0.2) is 24.2 Å². The van der Waals surface area contributed by atoms with Crippen LogP contribution < -0.4 is 14.8 Å². The third-order valence-corrected chi connectivity index (χ3v) is 8.31. The highest BCUT2D eigenvalue weighted by Gasteiger charge is 2.25. The van der Waals surface area contributed by atoms with Crippen LogP contribution in [0.2, 0.25) is 0 Å². The maximum atomic E-state index is 13.4. The molecule has 0 unspecified atom stereocenters. The molecule has 0 saturated heterocycles. The fraction of sp³-hybridized carbons (Fsp3) is 0.200. The minimum absolute atomic E-state index is 0.0263. The first-order valence-electron chi connectivity index (χ1n) is 12.7. The van der Waals surface area contributed by atoms with Crippen LogP contribution in [0.5, 0.6) is 11.5 Å². The number of anilines is 1. The number of carbonyl (C=O) groups excluding carboxylic acids is 1. The van der Waals surface area contributed by atoms with Crippen molar-refractivity contribution in [1.29, 1.82) is 0 Å². The molecule has 8 nitrogen and oxygen atoms in total. The number of aryl methyl sites for hydroxylation is 1. The molecule has 5 rings (SSSR count). The molecule has 1 aliphatic carbocycles. The van der Waals surface area contributed by atoms with Crippen molar-refractivity contribution < 1.29 is 19.2 Å². The quantitative estimate of drug-likeness (QED) is 0.116. The first-order chi connectivity index (χ1) is 19.4. The van der Waals surface area contributed by atoms with Crippen LogP contribution >= 0.6 is 27.3 Å². The minimum atomic E-state index is -0.436. The number of rotatable bonds is 9. The fourth-order valence-electron chi connectivity index (χ4n) is 4.55. The molecule has 40 heavy (non-hydrogen) atoms. The number of halogens is 1. The monoisotopic (exact) mass is 619 g/mol. The fourth-order valence-corrected chi connectivity index (χ4v) is 6.35. The van der Waals surface area contributed by atoms with E-state index in [1.807, 2.05) is 42.5 Å². The molecule has 0 atom stereocenters. The van der Waals surface area contributed by atoms with Gasteiger partial charge in [-0.15, -0.1) is 11.3 Å². The standard InChI is InChI=1S/C30H26BrN3O5S/c1-38-25-16-20(15-24(31)28(25)39-18-19-11-13-22(14-12-19)34(36)37)17-32-30-27(23-9-5-6-10-26(23)40-30)29(35)33-21-7-3-2-4-8-21/h2-4,7-8,11-17H,5-6,9-10,18H2,1H3,(H,33,35). The van der Waals surface area contributed by atoms with E-state index in [2.05, 4.69) is 21.2 Å². The number of aliphatic imine (C=N–C) groups is 1. The predicted octanol–water partition coefficient (Wildman–Crippen LogP) is 7.89. The average Bonchev–Trinajstić information content (AvgIpc) is 3.34. The molecular formula is C30H26BrN3O5S. The van der Waals surface area contributed by atoms with Crippen LogP contribution in [0.4, 0.5) is 16.4 Å². The minimum Gasteiger partial charge on any atom is -0.493 e. The Morgan fingerprint density at radius 3 is 2.60 bits per heavy atom. The maximum absolute atomic E-state index is 13.4. The van der Waals surface area contributed by atoms with Crippen LogP contribution in [0.25, 0.3) is 0 Å². The number of hydrogen-bond donors (Lipinski definition) is 1. The maximum Gasteiger partial charge on any atom is 0.269 e. The number of amides is 1. The summed E-state index contributed by atoms with van der Waals surface area (Å²) < 4.78 is 12.2. The van der Waals surface area contributed by atoms with E-state index in [1.54, 1.807) is 36.8 Å². The number of nitrogens with zero attached hydrogens (tertiary/aromatic N) is 2. The Balaban J connectivity index is 1.38. The number of hydrogen-bond acceptors (Lipinski definition) is 7. The van der Waals surface area contributed by atoms with E-state index in [0.29, 0.717) is 26.5 Å². The highest BCUT2D eigenvalue weighted by atomic mass is 79.9. The van der Waals surface area contributed by atoms with Crippen LogP contribution in [0.3, 0.4) is 0 Å². The van der Waals surface area contributed by atoms with Gasteiger partial charge >= 0.3 is 0 Å². The Labute approximate surface area is 244 Å². The third-order valence-electron chi connectivity index (χ3n) is 6.52. The zero-order valence-corrected chi connectivity index (χ0v) is 24.1. The van der Waals surface area contributed by atoms with E-state index in [4.69, 9.17) is 14.5 Å². The van der Waals surface area contributed by atoms with Gasteiger partial charge in [0.2, 0.25) is 0 Å². The number of benzene rings is 3. The molecule has 0 bridgehead atoms. The molecule has 0 fully saturated rings. The number of methoxy groups -OCH3 is 1. The number of nitro benzene ring substituents is 1. The molecule has 1 N–H and O–H groups in total. The summed E-state index contributed by atoms with van der Waals surface area (Å²) in [5, 5.41) is 14.6. The van der Waals surface area contributed by atoms with Crippen molar-refractivity contribution in [2.45, 2.75) is 32.3 Å². The Morgan fingerprint density at radius 1 is 1.12 bits per heavy atom. The van der Waals surface area contributed by atoms with Crippen LogP contribution in [0.15, 0.2) is 76.2 Å². The normalized spacial score (nSPS) is 12.7. The summed E-state index contributed by atoms with van der Waals surface area (Å²) in [6.07, 6.45) is 5.73. The molecule has 1 amide bonds. The van der Waals surface area contributed by atoms with Crippen molar-refractivity contribution in [1.82, 2.24) is 0 Å². The number of thiophene rings is 1. The summed E-state index contributed by atoms with van der Waals surface area (Å²) >= 11 is 5.15. The summed E-state index contributed by atoms with van der Waals surface area (Å²) in [4.78, 5) is 29.8. The van der Waals surface area contributed by atoms with Crippen molar-refractivity contribution in [3.8, 4) is 11.5 Å². The largest absolute Gasteiger partial charge is 0.493 e. The first-order valence-corrected chi connectivity index (χ1v) is 14.3. The molecule has 204 valence electrons. The summed E-state index contributed by atoms with van der Waals surface area (Å²) in [5.41, 5.74) is 4.08. The first kappa shape index (κ1) is 27.5. The van der Waals surface area contributed by atoms with Gasteiger partial charge in [-0.2, -0.15) is 0 Å². The number of nitrogens with one attached hydrogen (secondary N) is 1. The van der Waals surface area contributed by atoms with Gasteiger partial charge in [-0.1, -0.05) is 18.2 Å². The van der Waals surface area contributed by atoms with Crippen molar-refractivity contribution in [3.05, 3.63) is 108 Å². The number of carbonyl (C=O) groups is 1. The molecular weight excluding hydrogens is 594 g/mol. The van der Waals surface area contributed by atoms with E-state index >= 15 is 0 Å². The Bertz CT molecular complexity index is 1570. The van der Waals surface area contributed by atoms with Crippen LogP contribution in [0.1, 0.15) is 44.8 Å². The van der Waals surface area contributed by atoms with Gasteiger partial charge in [0.25, 0.3) is 11.6 Å². The predicted molar refractivity (Wildman–Crippen MR) is 161 cm³/mol. The number of para-hydroxylation sites is 1. The van der Waals surface area contributed by atoms with Crippen molar-refractivity contribution in [2.75, 3.05) is 12.4 Å². The van der Waals surface area contributed by atoms with Gasteiger partial charge in [0.15, 0.2) is 11.5 Å². The third kappa shape index (κ3) is 6.24. The number of non-ortho nitro benzene ring substituents is 1. The molecule has 3 aromatic carbocycles. The lowest BCUT2D eigenvalue weighted by molar-refractivity contribution is -0.384. The molecule has 10 heteroatoms. The average molecular weight is 621 g/mol. The molecule has 1 aliphatic rings. The van der Waals surface area contributed by atoms with Gasteiger partial charge < -0.3 is 14.8 Å². The number of ether oxygens (including phenoxy) is 2. The van der Waals surface area contributed by atoms with Gasteiger partial charge in [-0.05, 0) is 94.7 Å². The lowest BCUT2D eigenvalue weighted by Gasteiger charge is -2.13. The Kier molecular flexibility index (Phi) is 8.57. The molecule has 1 heterocycles. The second-order valence-electron chi connectivity index (χ2n) is 9.22. The summed E-state index contributed by atoms with van der Waals surface area (Å²) in [7, 11) is 1.56. The topological polar surface area (TPSA) is 103 Å². The van der Waals surface area contributed by atoms with E-state index in [-0.39, 0.29) is 18.2 Å². The van der Waals surface area contributed by atoms with Crippen molar-refractivity contribution in [3.63, 3.8) is 0 Å². The molecule has 0 spiro atoms. The van der Waals surface area contributed by atoms with Crippen LogP contribution in [0, 0.1) is 10.1 Å². The van der Waals surface area contributed by atoms with E-state index in [0.717, 1.165) is 48.1 Å². The second-order valence-corrected chi connectivity index (χ2v) is 11.2. The second kappa shape index (κ2) is 12.4. The number of nitro groups is 1. The molecule has 0 saturated carbocycles. The zero-order valence-electron chi connectivity index (χ0n) is 21.7. The summed E-state index contributed by atoms with van der Waals surface area (Å²) in [6.45, 7) is 0.209.